The quantitative estimate of drug-likeness (QED) is 0.501. The van der Waals surface area contributed by atoms with Crippen molar-refractivity contribution in [2.75, 3.05) is 31.6 Å². The molecule has 1 amide bonds. The van der Waals surface area contributed by atoms with Gasteiger partial charge < -0.3 is 9.47 Å². The van der Waals surface area contributed by atoms with Crippen LogP contribution in [0.15, 0.2) is 58.8 Å². The van der Waals surface area contributed by atoms with Crippen LogP contribution in [0.4, 0.5) is 9.52 Å². The molecule has 180 valence electrons. The van der Waals surface area contributed by atoms with Crippen molar-refractivity contribution in [1.29, 1.82) is 0 Å². The van der Waals surface area contributed by atoms with E-state index in [-0.39, 0.29) is 16.6 Å². The molecule has 1 atom stereocenters. The van der Waals surface area contributed by atoms with Crippen LogP contribution in [0.25, 0.3) is 11.3 Å². The molecule has 1 fully saturated rings. The first-order valence-electron chi connectivity index (χ1n) is 10.7. The highest BCUT2D eigenvalue weighted by atomic mass is 32.2. The number of carbonyl (C=O) groups is 1. The first-order valence-corrected chi connectivity index (χ1v) is 13.1. The van der Waals surface area contributed by atoms with Crippen molar-refractivity contribution in [2.24, 2.45) is 0 Å². The molecule has 0 saturated carbocycles. The summed E-state index contributed by atoms with van der Waals surface area (Å²) in [4.78, 5) is 17.3. The van der Waals surface area contributed by atoms with E-state index in [1.54, 1.807) is 29.6 Å². The molecular weight excluding hydrogens is 481 g/mol. The van der Waals surface area contributed by atoms with E-state index in [0.717, 1.165) is 5.56 Å². The Hall–Kier alpha value is -2.86. The number of benzene rings is 2. The third kappa shape index (κ3) is 5.61. The lowest BCUT2D eigenvalue weighted by Gasteiger charge is -2.26. The van der Waals surface area contributed by atoms with Gasteiger partial charge in [-0.25, -0.2) is 17.8 Å². The van der Waals surface area contributed by atoms with Crippen molar-refractivity contribution in [3.8, 4) is 17.0 Å². The Morgan fingerprint density at radius 3 is 2.50 bits per heavy atom. The second-order valence-electron chi connectivity index (χ2n) is 7.54. The number of rotatable bonds is 8. The highest BCUT2D eigenvalue weighted by molar-refractivity contribution is 7.89. The van der Waals surface area contributed by atoms with Gasteiger partial charge in [0.05, 0.1) is 23.8 Å². The Balaban J connectivity index is 1.41. The highest BCUT2D eigenvalue weighted by Crippen LogP contribution is 2.27. The van der Waals surface area contributed by atoms with Gasteiger partial charge in [-0.1, -0.05) is 19.1 Å². The van der Waals surface area contributed by atoms with Gasteiger partial charge in [0, 0.05) is 24.0 Å². The summed E-state index contributed by atoms with van der Waals surface area (Å²) in [6.07, 6.45) is -0.344. The zero-order valence-corrected chi connectivity index (χ0v) is 20.1. The maximum atomic E-state index is 13.1. The van der Waals surface area contributed by atoms with Gasteiger partial charge in [0.1, 0.15) is 11.6 Å². The third-order valence-corrected chi connectivity index (χ3v) is 7.92. The molecule has 0 spiro atoms. The summed E-state index contributed by atoms with van der Waals surface area (Å²) in [7, 11) is -3.57. The zero-order chi connectivity index (χ0) is 24.1. The number of morpholine rings is 1. The molecule has 1 N–H and O–H groups in total. The molecule has 11 heteroatoms. The van der Waals surface area contributed by atoms with Crippen LogP contribution >= 0.6 is 11.3 Å². The number of aromatic nitrogens is 1. The fourth-order valence-corrected chi connectivity index (χ4v) is 5.51. The second-order valence-corrected chi connectivity index (χ2v) is 10.3. The van der Waals surface area contributed by atoms with Gasteiger partial charge in [0.25, 0.3) is 5.91 Å². The molecule has 8 nitrogen and oxygen atoms in total. The van der Waals surface area contributed by atoms with Crippen molar-refractivity contribution < 1.29 is 27.1 Å². The van der Waals surface area contributed by atoms with E-state index in [1.807, 2.05) is 6.92 Å². The summed E-state index contributed by atoms with van der Waals surface area (Å²) in [5.74, 6) is -0.345. The molecule has 0 radical (unpaired) electrons. The van der Waals surface area contributed by atoms with Crippen LogP contribution in [0.1, 0.15) is 13.3 Å². The largest absolute Gasteiger partial charge is 0.481 e. The van der Waals surface area contributed by atoms with Gasteiger partial charge in [-0.05, 0) is 42.8 Å². The number of nitrogens with one attached hydrogen (secondary N) is 1. The van der Waals surface area contributed by atoms with Crippen LogP contribution in [0, 0.1) is 5.82 Å². The minimum atomic E-state index is -3.57. The molecule has 1 aromatic heterocycles. The Labute approximate surface area is 201 Å². The van der Waals surface area contributed by atoms with Crippen LogP contribution < -0.4 is 10.1 Å². The van der Waals surface area contributed by atoms with Crippen LogP contribution in [-0.4, -0.2) is 56.0 Å². The van der Waals surface area contributed by atoms with E-state index in [4.69, 9.17) is 9.47 Å². The average molecular weight is 506 g/mol. The van der Waals surface area contributed by atoms with E-state index in [9.17, 15) is 17.6 Å². The second kappa shape index (κ2) is 10.6. The highest BCUT2D eigenvalue weighted by Gasteiger charge is 2.26. The van der Waals surface area contributed by atoms with Gasteiger partial charge in [-0.2, -0.15) is 4.31 Å². The Bertz CT molecular complexity index is 1220. The first-order chi connectivity index (χ1) is 16.4. The van der Waals surface area contributed by atoms with Crippen LogP contribution in [0.3, 0.4) is 0 Å². The van der Waals surface area contributed by atoms with E-state index in [2.05, 4.69) is 10.3 Å². The van der Waals surface area contributed by atoms with Crippen molar-refractivity contribution in [1.82, 2.24) is 9.29 Å². The SMILES string of the molecule is CCC(Oc1ccc(F)cc1)C(=O)Nc1nc(-c2ccc(S(=O)(=O)N3CCOCC3)cc2)cs1. The van der Waals surface area contributed by atoms with Gasteiger partial charge in [-0.3, -0.25) is 10.1 Å². The predicted octanol–water partition coefficient (Wildman–Crippen LogP) is 3.77. The summed E-state index contributed by atoms with van der Waals surface area (Å²) in [6, 6.07) is 12.0. The van der Waals surface area contributed by atoms with Crippen molar-refractivity contribution in [3.63, 3.8) is 0 Å². The average Bonchev–Trinajstić information content (AvgIpc) is 3.32. The van der Waals surface area contributed by atoms with E-state index < -0.39 is 16.1 Å². The lowest BCUT2D eigenvalue weighted by Crippen LogP contribution is -2.40. The summed E-state index contributed by atoms with van der Waals surface area (Å²) in [6.45, 7) is 3.26. The molecule has 4 rings (SSSR count). The topological polar surface area (TPSA) is 97.8 Å². The number of anilines is 1. The maximum Gasteiger partial charge on any atom is 0.267 e. The van der Waals surface area contributed by atoms with Crippen molar-refractivity contribution in [2.45, 2.75) is 24.3 Å². The van der Waals surface area contributed by atoms with Crippen molar-refractivity contribution >= 4 is 32.4 Å². The van der Waals surface area contributed by atoms with Gasteiger partial charge in [0.15, 0.2) is 11.2 Å². The smallest absolute Gasteiger partial charge is 0.267 e. The number of sulfonamides is 1. The fraction of sp³-hybridized carbons (Fsp3) is 0.304. The van der Waals surface area contributed by atoms with Gasteiger partial charge >= 0.3 is 0 Å². The molecule has 1 aliphatic rings. The number of nitrogens with zero attached hydrogens (tertiary/aromatic N) is 2. The molecule has 0 bridgehead atoms. The molecule has 3 aromatic rings. The van der Waals surface area contributed by atoms with Gasteiger partial charge in [0.2, 0.25) is 10.0 Å². The lowest BCUT2D eigenvalue weighted by molar-refractivity contribution is -0.122. The Kier molecular flexibility index (Phi) is 7.57. The lowest BCUT2D eigenvalue weighted by atomic mass is 10.2. The van der Waals surface area contributed by atoms with Crippen LogP contribution in [-0.2, 0) is 19.6 Å². The molecule has 2 heterocycles. The number of carbonyl (C=O) groups excluding carboxylic acids is 1. The Morgan fingerprint density at radius 1 is 1.18 bits per heavy atom. The molecule has 0 aliphatic carbocycles. The summed E-state index contributed by atoms with van der Waals surface area (Å²) < 4.78 is 51.0. The van der Waals surface area contributed by atoms with Crippen molar-refractivity contribution in [3.05, 3.63) is 59.7 Å². The van der Waals surface area contributed by atoms with Crippen LogP contribution in [0.5, 0.6) is 5.75 Å². The minimum absolute atomic E-state index is 0.214. The number of hydrogen-bond donors (Lipinski definition) is 1. The molecule has 34 heavy (non-hydrogen) atoms. The number of ether oxygens (including phenoxy) is 2. The molecule has 1 saturated heterocycles. The molecular formula is C23H24FN3O5S2. The standard InChI is InChI=1S/C23H24FN3O5S2/c1-2-21(32-18-7-5-17(24)6-8-18)22(28)26-23-25-20(15-33-23)16-3-9-19(10-4-16)34(29,30)27-11-13-31-14-12-27/h3-10,15,21H,2,11-14H2,1H3,(H,25,26,28). The number of thiazole rings is 1. The Morgan fingerprint density at radius 2 is 1.85 bits per heavy atom. The monoisotopic (exact) mass is 505 g/mol. The van der Waals surface area contributed by atoms with E-state index in [0.29, 0.717) is 49.3 Å². The van der Waals surface area contributed by atoms with Gasteiger partial charge in [-0.15, -0.1) is 11.3 Å². The van der Waals surface area contributed by atoms with Crippen LogP contribution in [0.2, 0.25) is 0 Å². The molecule has 1 unspecified atom stereocenters. The summed E-state index contributed by atoms with van der Waals surface area (Å²) in [5.41, 5.74) is 1.34. The number of hydrogen-bond acceptors (Lipinski definition) is 7. The molecule has 1 aliphatic heterocycles. The summed E-state index contributed by atoms with van der Waals surface area (Å²) >= 11 is 1.25. The predicted molar refractivity (Wildman–Crippen MR) is 127 cm³/mol. The zero-order valence-electron chi connectivity index (χ0n) is 18.4. The number of halogens is 1. The normalized spacial score (nSPS) is 15.6. The van der Waals surface area contributed by atoms with E-state index >= 15 is 0 Å². The minimum Gasteiger partial charge on any atom is -0.481 e. The fourth-order valence-electron chi connectivity index (χ4n) is 3.38. The summed E-state index contributed by atoms with van der Waals surface area (Å²) in [5, 5.41) is 4.92. The molecule has 2 aromatic carbocycles. The van der Waals surface area contributed by atoms with E-state index in [1.165, 1.54) is 39.9 Å². The maximum absolute atomic E-state index is 13.1. The first kappa shape index (κ1) is 24.3. The third-order valence-electron chi connectivity index (χ3n) is 5.25. The number of amides is 1.